The summed E-state index contributed by atoms with van der Waals surface area (Å²) in [5, 5.41) is 13.5. The lowest BCUT2D eigenvalue weighted by molar-refractivity contribution is -0.384. The monoisotopic (exact) mass is 408 g/mol. The number of anilines is 1. The van der Waals surface area contributed by atoms with Crippen molar-refractivity contribution in [2.45, 2.75) is 17.1 Å². The average Bonchev–Trinajstić information content (AvgIpc) is 2.74. The maximum absolute atomic E-state index is 13.1. The van der Waals surface area contributed by atoms with Gasteiger partial charge in [0, 0.05) is 11.0 Å². The van der Waals surface area contributed by atoms with E-state index in [0.717, 1.165) is 21.8 Å². The molecule has 0 aliphatic rings. The molecule has 1 amide bonds. The van der Waals surface area contributed by atoms with Crippen LogP contribution < -0.4 is 10.1 Å². The molecular weight excluding hydrogens is 388 g/mol. The fourth-order valence-electron chi connectivity index (χ4n) is 2.79. The van der Waals surface area contributed by atoms with Crippen LogP contribution in [0.1, 0.15) is 16.4 Å². The first kappa shape index (κ1) is 20.4. The number of aryl methyl sites for hydroxylation is 1. The Morgan fingerprint density at radius 3 is 2.38 bits per heavy atom. The van der Waals surface area contributed by atoms with E-state index in [0.29, 0.717) is 0 Å². The Morgan fingerprint density at radius 1 is 1.07 bits per heavy atom. The lowest BCUT2D eigenvalue weighted by atomic mass is 10.1. The zero-order chi connectivity index (χ0) is 20.8. The summed E-state index contributed by atoms with van der Waals surface area (Å²) < 4.78 is 5.18. The van der Waals surface area contributed by atoms with Gasteiger partial charge in [-0.15, -0.1) is 11.8 Å². The number of rotatable bonds is 7. The molecule has 0 unspecified atom stereocenters. The first-order chi connectivity index (χ1) is 14.0. The van der Waals surface area contributed by atoms with Crippen LogP contribution in [0.3, 0.4) is 0 Å². The number of amides is 1. The van der Waals surface area contributed by atoms with Crippen LogP contribution in [0.4, 0.5) is 11.4 Å². The Hall–Kier alpha value is -3.32. The SMILES string of the molecule is COc1ccc(S[C@H](C(=O)Nc2ccc(C)cc2[N+](=O)[O-])c2ccccc2)cc1. The van der Waals surface area contributed by atoms with Gasteiger partial charge in [0.25, 0.3) is 5.69 Å². The van der Waals surface area contributed by atoms with Crippen LogP contribution in [0.5, 0.6) is 5.75 Å². The van der Waals surface area contributed by atoms with Gasteiger partial charge in [0.15, 0.2) is 0 Å². The van der Waals surface area contributed by atoms with E-state index in [4.69, 9.17) is 4.74 Å². The van der Waals surface area contributed by atoms with Crippen molar-refractivity contribution in [2.75, 3.05) is 12.4 Å². The molecular formula is C22H20N2O4S. The summed E-state index contributed by atoms with van der Waals surface area (Å²) in [7, 11) is 1.59. The molecule has 0 fully saturated rings. The molecule has 0 aromatic heterocycles. The lowest BCUT2D eigenvalue weighted by Gasteiger charge is -2.17. The van der Waals surface area contributed by atoms with Crippen molar-refractivity contribution in [1.29, 1.82) is 0 Å². The predicted molar refractivity (Wildman–Crippen MR) is 114 cm³/mol. The number of nitro groups is 1. The normalized spacial score (nSPS) is 11.5. The van der Waals surface area contributed by atoms with Crippen molar-refractivity contribution < 1.29 is 14.5 Å². The van der Waals surface area contributed by atoms with Crippen molar-refractivity contribution in [3.8, 4) is 5.75 Å². The van der Waals surface area contributed by atoms with E-state index in [9.17, 15) is 14.9 Å². The molecule has 3 aromatic rings. The number of nitro benzene ring substituents is 1. The Bertz CT molecular complexity index is 1010. The van der Waals surface area contributed by atoms with Gasteiger partial charge in [-0.2, -0.15) is 0 Å². The Labute approximate surface area is 173 Å². The van der Waals surface area contributed by atoms with Crippen molar-refractivity contribution in [2.24, 2.45) is 0 Å². The Balaban J connectivity index is 1.90. The molecule has 0 saturated heterocycles. The third kappa shape index (κ3) is 5.14. The smallest absolute Gasteiger partial charge is 0.293 e. The van der Waals surface area contributed by atoms with Gasteiger partial charge < -0.3 is 10.1 Å². The molecule has 0 heterocycles. The third-order valence-electron chi connectivity index (χ3n) is 4.26. The number of carbonyl (C=O) groups is 1. The number of methoxy groups -OCH3 is 1. The second kappa shape index (κ2) is 9.25. The van der Waals surface area contributed by atoms with Gasteiger partial charge >= 0.3 is 0 Å². The van der Waals surface area contributed by atoms with Gasteiger partial charge in [0.2, 0.25) is 5.91 Å². The minimum atomic E-state index is -0.578. The highest BCUT2D eigenvalue weighted by Crippen LogP contribution is 2.37. The second-order valence-electron chi connectivity index (χ2n) is 6.35. The molecule has 1 atom stereocenters. The van der Waals surface area contributed by atoms with Crippen LogP contribution >= 0.6 is 11.8 Å². The molecule has 0 aliphatic carbocycles. The van der Waals surface area contributed by atoms with E-state index in [-0.39, 0.29) is 17.3 Å². The minimum Gasteiger partial charge on any atom is -0.497 e. The molecule has 148 valence electrons. The Kier molecular flexibility index (Phi) is 6.51. The molecule has 0 spiro atoms. The van der Waals surface area contributed by atoms with Crippen molar-refractivity contribution >= 4 is 29.0 Å². The molecule has 0 saturated carbocycles. The first-order valence-corrected chi connectivity index (χ1v) is 9.77. The van der Waals surface area contributed by atoms with Crippen LogP contribution in [0.25, 0.3) is 0 Å². The predicted octanol–water partition coefficient (Wildman–Crippen LogP) is 5.38. The maximum atomic E-state index is 13.1. The number of hydrogen-bond acceptors (Lipinski definition) is 5. The molecule has 0 aliphatic heterocycles. The van der Waals surface area contributed by atoms with E-state index < -0.39 is 10.2 Å². The fraction of sp³-hybridized carbons (Fsp3) is 0.136. The quantitative estimate of drug-likeness (QED) is 0.322. The summed E-state index contributed by atoms with van der Waals surface area (Å²) in [6.07, 6.45) is 0. The van der Waals surface area contributed by atoms with Gasteiger partial charge in [0.05, 0.1) is 12.0 Å². The number of carbonyl (C=O) groups excluding carboxylic acids is 1. The van der Waals surface area contributed by atoms with E-state index in [1.807, 2.05) is 54.6 Å². The highest BCUT2D eigenvalue weighted by molar-refractivity contribution is 8.00. The van der Waals surface area contributed by atoms with Crippen LogP contribution in [0.15, 0.2) is 77.7 Å². The molecule has 0 bridgehead atoms. The lowest BCUT2D eigenvalue weighted by Crippen LogP contribution is -2.19. The third-order valence-corrected chi connectivity index (χ3v) is 5.53. The van der Waals surface area contributed by atoms with Gasteiger partial charge in [0.1, 0.15) is 16.7 Å². The van der Waals surface area contributed by atoms with E-state index in [1.165, 1.54) is 17.8 Å². The van der Waals surface area contributed by atoms with Gasteiger partial charge in [-0.3, -0.25) is 14.9 Å². The molecule has 3 rings (SSSR count). The standard InChI is InChI=1S/C22H20N2O4S/c1-15-8-13-19(20(14-15)24(26)27)23-22(25)21(16-6-4-3-5-7-16)29-18-11-9-17(28-2)10-12-18/h3-14,21H,1-2H3,(H,23,25)/t21-/m0/s1. The van der Waals surface area contributed by atoms with Crippen molar-refractivity contribution in [3.05, 3.63) is 94.0 Å². The molecule has 3 aromatic carbocycles. The second-order valence-corrected chi connectivity index (χ2v) is 7.53. The van der Waals surface area contributed by atoms with Crippen LogP contribution in [-0.2, 0) is 4.79 Å². The summed E-state index contributed by atoms with van der Waals surface area (Å²) in [4.78, 5) is 24.9. The summed E-state index contributed by atoms with van der Waals surface area (Å²) >= 11 is 1.37. The number of nitrogens with zero attached hydrogens (tertiary/aromatic N) is 1. The number of nitrogens with one attached hydrogen (secondary N) is 1. The van der Waals surface area contributed by atoms with Gasteiger partial charge in [-0.25, -0.2) is 0 Å². The zero-order valence-corrected chi connectivity index (χ0v) is 16.8. The van der Waals surface area contributed by atoms with E-state index in [1.54, 1.807) is 26.2 Å². The van der Waals surface area contributed by atoms with Crippen LogP contribution in [0.2, 0.25) is 0 Å². The average molecular weight is 408 g/mol. The summed E-state index contributed by atoms with van der Waals surface area (Å²) in [5.41, 5.74) is 1.61. The van der Waals surface area contributed by atoms with Crippen LogP contribution in [-0.4, -0.2) is 17.9 Å². The van der Waals surface area contributed by atoms with Gasteiger partial charge in [-0.1, -0.05) is 36.4 Å². The molecule has 7 heteroatoms. The summed E-state index contributed by atoms with van der Waals surface area (Å²) in [6, 6.07) is 21.5. The highest BCUT2D eigenvalue weighted by atomic mass is 32.2. The number of benzene rings is 3. The molecule has 29 heavy (non-hydrogen) atoms. The molecule has 1 N–H and O–H groups in total. The van der Waals surface area contributed by atoms with Gasteiger partial charge in [-0.05, 0) is 48.4 Å². The number of ether oxygens (including phenoxy) is 1. The molecule has 0 radical (unpaired) electrons. The first-order valence-electron chi connectivity index (χ1n) is 8.89. The number of thioether (sulfide) groups is 1. The Morgan fingerprint density at radius 2 is 1.76 bits per heavy atom. The highest BCUT2D eigenvalue weighted by Gasteiger charge is 2.25. The maximum Gasteiger partial charge on any atom is 0.293 e. The summed E-state index contributed by atoms with van der Waals surface area (Å²) in [5.74, 6) is 0.398. The zero-order valence-electron chi connectivity index (χ0n) is 16.0. The van der Waals surface area contributed by atoms with Crippen molar-refractivity contribution in [1.82, 2.24) is 0 Å². The van der Waals surface area contributed by atoms with Crippen LogP contribution in [0, 0.1) is 17.0 Å². The topological polar surface area (TPSA) is 81.5 Å². The number of hydrogen-bond donors (Lipinski definition) is 1. The molecule has 6 nitrogen and oxygen atoms in total. The minimum absolute atomic E-state index is 0.125. The largest absolute Gasteiger partial charge is 0.497 e. The fourth-order valence-corrected chi connectivity index (χ4v) is 3.81. The van der Waals surface area contributed by atoms with E-state index in [2.05, 4.69) is 5.32 Å². The van der Waals surface area contributed by atoms with E-state index >= 15 is 0 Å². The van der Waals surface area contributed by atoms with Crippen molar-refractivity contribution in [3.63, 3.8) is 0 Å². The summed E-state index contributed by atoms with van der Waals surface area (Å²) in [6.45, 7) is 1.77.